The Kier molecular flexibility index (Phi) is 7.79. The van der Waals surface area contributed by atoms with Crippen molar-refractivity contribution in [3.05, 3.63) is 66.3 Å². The standard InChI is InChI=1S/C27H28N6O2.CH2O2/c1-5-25(34)33-15-20(13-21(33)16-35-4)32-14-19(26-24(32)10-11-29-27(26)28)8-6-18-7-9-23-22(12-18)30-17(2)31(23)3;2-1-3/h5,7,9-12,14,20-21H,1,13,15-16H2,2-4H3,(H2,28,29);1H,(H,2,3)/t20-,21+;/m0./s1. The lowest BCUT2D eigenvalue weighted by atomic mass is 10.1. The van der Waals surface area contributed by atoms with Crippen molar-refractivity contribution in [2.45, 2.75) is 25.4 Å². The monoisotopic (exact) mass is 514 g/mol. The summed E-state index contributed by atoms with van der Waals surface area (Å²) in [4.78, 5) is 31.6. The number of imidazole rings is 1. The molecule has 0 spiro atoms. The summed E-state index contributed by atoms with van der Waals surface area (Å²) in [6.45, 7) is 6.43. The number of aromatic nitrogens is 4. The van der Waals surface area contributed by atoms with Crippen LogP contribution in [0.2, 0.25) is 0 Å². The first-order valence-corrected chi connectivity index (χ1v) is 12.0. The SMILES string of the molecule is C=CC(=O)N1C[C@@H](n2cc(C#Cc3ccc4c(c3)nc(C)n4C)c3c(N)nccc32)C[C@@H]1COC.O=CO. The number of carboxylic acid groups (broad SMARTS) is 1. The number of benzene rings is 1. The van der Waals surface area contributed by atoms with Gasteiger partial charge in [0.2, 0.25) is 5.91 Å². The van der Waals surface area contributed by atoms with Crippen LogP contribution in [-0.2, 0) is 21.4 Å². The highest BCUT2D eigenvalue weighted by Crippen LogP contribution is 2.34. The molecule has 3 N–H and O–H groups in total. The van der Waals surface area contributed by atoms with Crippen molar-refractivity contribution in [1.82, 2.24) is 24.0 Å². The van der Waals surface area contributed by atoms with Crippen LogP contribution in [0.5, 0.6) is 0 Å². The predicted octanol–water partition coefficient (Wildman–Crippen LogP) is 2.89. The highest BCUT2D eigenvalue weighted by atomic mass is 16.5. The summed E-state index contributed by atoms with van der Waals surface area (Å²) in [6, 6.07) is 8.03. The molecule has 2 atom stereocenters. The molecule has 0 radical (unpaired) electrons. The molecule has 10 heteroatoms. The van der Waals surface area contributed by atoms with Gasteiger partial charge in [-0.3, -0.25) is 9.59 Å². The van der Waals surface area contributed by atoms with Crippen LogP contribution in [0.25, 0.3) is 21.9 Å². The van der Waals surface area contributed by atoms with E-state index in [1.807, 2.05) is 49.3 Å². The minimum absolute atomic E-state index is 0.0183. The molecule has 1 aromatic carbocycles. The zero-order valence-electron chi connectivity index (χ0n) is 21.6. The van der Waals surface area contributed by atoms with Gasteiger partial charge >= 0.3 is 0 Å². The van der Waals surface area contributed by atoms with Crippen molar-refractivity contribution in [2.24, 2.45) is 7.05 Å². The van der Waals surface area contributed by atoms with Crippen molar-refractivity contribution in [2.75, 3.05) is 26.0 Å². The van der Waals surface area contributed by atoms with Crippen molar-refractivity contribution in [1.29, 1.82) is 0 Å². The Hall–Kier alpha value is -4.62. The van der Waals surface area contributed by atoms with Gasteiger partial charge in [-0.05, 0) is 43.7 Å². The number of hydrogen-bond acceptors (Lipinski definition) is 6. The molecule has 3 aromatic heterocycles. The number of amides is 1. The van der Waals surface area contributed by atoms with Gasteiger partial charge in [0.15, 0.2) is 0 Å². The van der Waals surface area contributed by atoms with E-state index in [2.05, 4.69) is 37.5 Å². The molecule has 0 unspecified atom stereocenters. The maximum atomic E-state index is 12.5. The van der Waals surface area contributed by atoms with E-state index in [-0.39, 0.29) is 24.5 Å². The van der Waals surface area contributed by atoms with Crippen molar-refractivity contribution < 1.29 is 19.4 Å². The van der Waals surface area contributed by atoms with Gasteiger partial charge in [-0.1, -0.05) is 18.4 Å². The molecule has 10 nitrogen and oxygen atoms in total. The van der Waals surface area contributed by atoms with Crippen LogP contribution < -0.4 is 5.73 Å². The van der Waals surface area contributed by atoms with E-state index >= 15 is 0 Å². The lowest BCUT2D eigenvalue weighted by molar-refractivity contribution is -0.127. The zero-order chi connectivity index (χ0) is 27.4. The van der Waals surface area contributed by atoms with Gasteiger partial charge in [-0.15, -0.1) is 0 Å². The van der Waals surface area contributed by atoms with E-state index in [1.54, 1.807) is 13.3 Å². The molecule has 1 saturated heterocycles. The number of rotatable bonds is 4. The largest absolute Gasteiger partial charge is 0.483 e. The fourth-order valence-electron chi connectivity index (χ4n) is 5.00. The number of likely N-dealkylation sites (tertiary alicyclic amines) is 1. The van der Waals surface area contributed by atoms with Crippen molar-refractivity contribution in [3.8, 4) is 11.8 Å². The van der Waals surface area contributed by atoms with Gasteiger partial charge in [0.1, 0.15) is 11.6 Å². The van der Waals surface area contributed by atoms with Gasteiger partial charge < -0.3 is 29.6 Å². The second-order valence-electron chi connectivity index (χ2n) is 9.01. The van der Waals surface area contributed by atoms with Crippen LogP contribution in [0, 0.1) is 18.8 Å². The average molecular weight is 515 g/mol. The first kappa shape index (κ1) is 26.4. The smallest absolute Gasteiger partial charge is 0.290 e. The third kappa shape index (κ3) is 4.96. The van der Waals surface area contributed by atoms with E-state index in [0.29, 0.717) is 19.0 Å². The molecule has 4 heterocycles. The molecule has 196 valence electrons. The number of aryl methyl sites for hydroxylation is 2. The lowest BCUT2D eigenvalue weighted by Crippen LogP contribution is -2.37. The number of fused-ring (bicyclic) bond motifs is 2. The Balaban J connectivity index is 0.00000107. The molecule has 5 rings (SSSR count). The number of ether oxygens (including phenoxy) is 1. The summed E-state index contributed by atoms with van der Waals surface area (Å²) in [5.74, 6) is 7.89. The van der Waals surface area contributed by atoms with E-state index in [1.165, 1.54) is 6.08 Å². The Labute approximate surface area is 220 Å². The summed E-state index contributed by atoms with van der Waals surface area (Å²) < 4.78 is 9.61. The molecule has 0 aliphatic carbocycles. The van der Waals surface area contributed by atoms with Crippen LogP contribution >= 0.6 is 0 Å². The first-order valence-electron chi connectivity index (χ1n) is 12.0. The Bertz CT molecular complexity index is 1570. The van der Waals surface area contributed by atoms with Gasteiger partial charge in [0, 0.05) is 38.7 Å². The van der Waals surface area contributed by atoms with Gasteiger partial charge in [0.05, 0.1) is 46.2 Å². The first-order chi connectivity index (χ1) is 18.3. The normalized spacial score (nSPS) is 16.6. The molecule has 0 saturated carbocycles. The van der Waals surface area contributed by atoms with Crippen LogP contribution in [0.4, 0.5) is 5.82 Å². The molecule has 1 fully saturated rings. The van der Waals surface area contributed by atoms with E-state index < -0.39 is 0 Å². The highest BCUT2D eigenvalue weighted by Gasteiger charge is 2.36. The second kappa shape index (κ2) is 11.2. The molecule has 38 heavy (non-hydrogen) atoms. The van der Waals surface area contributed by atoms with E-state index in [4.69, 9.17) is 20.4 Å². The topological polar surface area (TPSA) is 128 Å². The maximum absolute atomic E-state index is 12.5. The Morgan fingerprint density at radius 1 is 1.32 bits per heavy atom. The number of carbonyl (C=O) groups excluding carboxylic acids is 1. The van der Waals surface area contributed by atoms with Gasteiger partial charge in [-0.2, -0.15) is 0 Å². The van der Waals surface area contributed by atoms with Crippen LogP contribution in [0.3, 0.4) is 0 Å². The summed E-state index contributed by atoms with van der Waals surface area (Å²) in [7, 11) is 3.66. The zero-order valence-corrected chi connectivity index (χ0v) is 21.6. The molecular weight excluding hydrogens is 484 g/mol. The summed E-state index contributed by atoms with van der Waals surface area (Å²) in [5.41, 5.74) is 10.9. The second-order valence-corrected chi connectivity index (χ2v) is 9.01. The van der Waals surface area contributed by atoms with Crippen LogP contribution in [0.1, 0.15) is 29.4 Å². The quantitative estimate of drug-likeness (QED) is 0.243. The minimum atomic E-state index is -0.250. The Morgan fingerprint density at radius 3 is 2.79 bits per heavy atom. The Morgan fingerprint density at radius 2 is 2.08 bits per heavy atom. The van der Waals surface area contributed by atoms with E-state index in [9.17, 15) is 4.79 Å². The number of hydrogen-bond donors (Lipinski definition) is 2. The van der Waals surface area contributed by atoms with Crippen LogP contribution in [0.15, 0.2) is 49.3 Å². The summed E-state index contributed by atoms with van der Waals surface area (Å²) in [5, 5.41) is 7.71. The lowest BCUT2D eigenvalue weighted by Gasteiger charge is -2.22. The number of carbonyl (C=O) groups is 2. The summed E-state index contributed by atoms with van der Waals surface area (Å²) in [6.07, 6.45) is 5.85. The molecule has 1 amide bonds. The average Bonchev–Trinajstić information content (AvgIpc) is 3.57. The highest BCUT2D eigenvalue weighted by molar-refractivity contribution is 5.95. The van der Waals surface area contributed by atoms with Crippen molar-refractivity contribution in [3.63, 3.8) is 0 Å². The maximum Gasteiger partial charge on any atom is 0.290 e. The number of nitrogens with zero attached hydrogens (tertiary/aromatic N) is 5. The molecule has 4 aromatic rings. The number of pyridine rings is 1. The minimum Gasteiger partial charge on any atom is -0.483 e. The number of nitrogens with two attached hydrogens (primary N) is 1. The van der Waals surface area contributed by atoms with Gasteiger partial charge in [-0.25, -0.2) is 9.97 Å². The third-order valence-corrected chi connectivity index (χ3v) is 6.82. The van der Waals surface area contributed by atoms with Crippen LogP contribution in [-0.4, -0.2) is 67.8 Å². The van der Waals surface area contributed by atoms with Gasteiger partial charge in [0.25, 0.3) is 6.47 Å². The molecule has 0 bridgehead atoms. The molecular formula is C28H30N6O4. The van der Waals surface area contributed by atoms with Crippen molar-refractivity contribution >= 4 is 40.1 Å². The predicted molar refractivity (Wildman–Crippen MR) is 145 cm³/mol. The third-order valence-electron chi connectivity index (χ3n) is 6.82. The number of anilines is 1. The summed E-state index contributed by atoms with van der Waals surface area (Å²) >= 11 is 0. The molecule has 1 aliphatic heterocycles. The number of nitrogen functional groups attached to an aromatic ring is 1. The fourth-order valence-corrected chi connectivity index (χ4v) is 5.00. The van der Waals surface area contributed by atoms with E-state index in [0.717, 1.165) is 45.3 Å². The molecule has 1 aliphatic rings. The number of methoxy groups -OCH3 is 1. The fraction of sp³-hybridized carbons (Fsp3) is 0.286.